The first-order valence-electron chi connectivity index (χ1n) is 9.45. The average Bonchev–Trinajstić information content (AvgIpc) is 2.57. The normalized spacial score (nSPS) is 55.7. The number of ketones is 1. The van der Waals surface area contributed by atoms with Crippen LogP contribution < -0.4 is 0 Å². The Morgan fingerprint density at radius 3 is 2.71 bits per heavy atom. The van der Waals surface area contributed by atoms with E-state index in [4.69, 9.17) is 4.74 Å². The lowest BCUT2D eigenvalue weighted by Crippen LogP contribution is -2.72. The van der Waals surface area contributed by atoms with Crippen LogP contribution in [0.25, 0.3) is 0 Å². The minimum Gasteiger partial charge on any atom is -0.465 e. The SMILES string of the molecule is C=C1C(=O)[C@]23CC[C@H]1CC2[C@@]12CCC[C@@](C)(COC1=O)C2C[C@H]3O. The first-order chi connectivity index (χ1) is 11.4. The zero-order valence-electron chi connectivity index (χ0n) is 14.3. The number of carbonyl (C=O) groups is 2. The molecule has 1 saturated heterocycles. The molecule has 0 radical (unpaired) electrons. The van der Waals surface area contributed by atoms with Crippen LogP contribution in [0.5, 0.6) is 0 Å². The summed E-state index contributed by atoms with van der Waals surface area (Å²) >= 11 is 0. The molecule has 4 nitrogen and oxygen atoms in total. The molecular weight excluding hydrogens is 304 g/mol. The smallest absolute Gasteiger partial charge is 0.312 e. The Kier molecular flexibility index (Phi) is 2.72. The molecule has 7 atom stereocenters. The van der Waals surface area contributed by atoms with Gasteiger partial charge in [-0.2, -0.15) is 0 Å². The molecule has 0 aromatic rings. The van der Waals surface area contributed by atoms with Crippen LogP contribution in [0, 0.1) is 34.0 Å². The van der Waals surface area contributed by atoms with Gasteiger partial charge >= 0.3 is 5.97 Å². The van der Waals surface area contributed by atoms with Gasteiger partial charge in [0.1, 0.15) is 0 Å². The summed E-state index contributed by atoms with van der Waals surface area (Å²) < 4.78 is 5.70. The van der Waals surface area contributed by atoms with E-state index in [0.29, 0.717) is 25.0 Å². The van der Waals surface area contributed by atoms with Crippen LogP contribution in [0.4, 0.5) is 0 Å². The zero-order valence-corrected chi connectivity index (χ0v) is 14.3. The highest BCUT2D eigenvalue weighted by atomic mass is 16.5. The molecule has 0 aromatic carbocycles. The number of cyclic esters (lactones) is 1. The molecule has 1 aliphatic heterocycles. The zero-order chi connectivity index (χ0) is 16.9. The number of hydrogen-bond donors (Lipinski definition) is 1. The maximum Gasteiger partial charge on any atom is 0.312 e. The maximum atomic E-state index is 13.2. The number of rotatable bonds is 0. The Hall–Kier alpha value is -1.16. The highest BCUT2D eigenvalue weighted by molar-refractivity contribution is 6.03. The van der Waals surface area contributed by atoms with Crippen molar-refractivity contribution in [1.82, 2.24) is 0 Å². The molecule has 6 fully saturated rings. The number of hydrogen-bond acceptors (Lipinski definition) is 4. The molecule has 130 valence electrons. The van der Waals surface area contributed by atoms with E-state index in [1.807, 2.05) is 0 Å². The first-order valence-corrected chi connectivity index (χ1v) is 9.45. The number of aliphatic hydroxyl groups is 1. The molecule has 4 heteroatoms. The third-order valence-corrected chi connectivity index (χ3v) is 8.65. The van der Waals surface area contributed by atoms with Crippen molar-refractivity contribution in [2.24, 2.45) is 34.0 Å². The summed E-state index contributed by atoms with van der Waals surface area (Å²) in [7, 11) is 0. The average molecular weight is 330 g/mol. The Bertz CT molecular complexity index is 669. The van der Waals surface area contributed by atoms with Gasteiger partial charge < -0.3 is 9.84 Å². The lowest BCUT2D eigenvalue weighted by molar-refractivity contribution is -0.254. The molecule has 5 aliphatic carbocycles. The third-order valence-electron chi connectivity index (χ3n) is 8.65. The number of ether oxygens (including phenoxy) is 1. The molecule has 0 aromatic heterocycles. The van der Waals surface area contributed by atoms with E-state index in [9.17, 15) is 14.7 Å². The van der Waals surface area contributed by atoms with Crippen LogP contribution in [0.15, 0.2) is 12.2 Å². The van der Waals surface area contributed by atoms with Gasteiger partial charge in [0.05, 0.1) is 23.5 Å². The Morgan fingerprint density at radius 1 is 1.12 bits per heavy atom. The fourth-order valence-corrected chi connectivity index (χ4v) is 7.52. The summed E-state index contributed by atoms with van der Waals surface area (Å²) in [6, 6.07) is 0. The monoisotopic (exact) mass is 330 g/mol. The fraction of sp³-hybridized carbons (Fsp3) is 0.800. The van der Waals surface area contributed by atoms with Crippen molar-refractivity contribution in [2.45, 2.75) is 58.0 Å². The number of allylic oxidation sites excluding steroid dienone is 1. The molecule has 1 spiro atoms. The molecule has 6 rings (SSSR count). The first kappa shape index (κ1) is 15.1. The summed E-state index contributed by atoms with van der Waals surface area (Å²) in [6.07, 6.45) is 5.25. The minimum absolute atomic E-state index is 0.0426. The second-order valence-corrected chi connectivity index (χ2v) is 9.35. The van der Waals surface area contributed by atoms with Gasteiger partial charge in [0.2, 0.25) is 0 Å². The van der Waals surface area contributed by atoms with Gasteiger partial charge in [-0.05, 0) is 61.9 Å². The van der Waals surface area contributed by atoms with E-state index in [1.54, 1.807) is 0 Å². The summed E-state index contributed by atoms with van der Waals surface area (Å²) in [5.74, 6) is 0.217. The predicted molar refractivity (Wildman–Crippen MR) is 86.9 cm³/mol. The number of Topliss-reactive ketones (excluding diaryl/α,β-unsaturated/α-hetero) is 1. The van der Waals surface area contributed by atoms with Crippen molar-refractivity contribution in [3.05, 3.63) is 12.2 Å². The molecule has 0 amide bonds. The molecule has 1 N–H and O–H groups in total. The van der Waals surface area contributed by atoms with Crippen LogP contribution in [0.1, 0.15) is 51.9 Å². The Balaban J connectivity index is 1.72. The van der Waals surface area contributed by atoms with E-state index < -0.39 is 16.9 Å². The summed E-state index contributed by atoms with van der Waals surface area (Å²) in [5, 5.41) is 11.1. The fourth-order valence-electron chi connectivity index (χ4n) is 7.52. The van der Waals surface area contributed by atoms with Crippen molar-refractivity contribution in [1.29, 1.82) is 0 Å². The molecule has 5 saturated carbocycles. The quantitative estimate of drug-likeness (QED) is 0.548. The summed E-state index contributed by atoms with van der Waals surface area (Å²) in [6.45, 7) is 6.72. The van der Waals surface area contributed by atoms with Crippen molar-refractivity contribution >= 4 is 11.8 Å². The van der Waals surface area contributed by atoms with Crippen LogP contribution in [0.2, 0.25) is 0 Å². The van der Waals surface area contributed by atoms with Gasteiger partial charge in [-0.15, -0.1) is 0 Å². The topological polar surface area (TPSA) is 63.6 Å². The van der Waals surface area contributed by atoms with E-state index >= 15 is 0 Å². The summed E-state index contributed by atoms with van der Waals surface area (Å²) in [4.78, 5) is 26.2. The van der Waals surface area contributed by atoms with Crippen molar-refractivity contribution in [2.75, 3.05) is 6.61 Å². The second kappa shape index (κ2) is 4.32. The largest absolute Gasteiger partial charge is 0.465 e. The lowest BCUT2D eigenvalue weighted by Gasteiger charge is -2.69. The van der Waals surface area contributed by atoms with Crippen molar-refractivity contribution < 1.29 is 19.4 Å². The molecular formula is C20H26O4. The van der Waals surface area contributed by atoms with Crippen LogP contribution in [-0.2, 0) is 14.3 Å². The van der Waals surface area contributed by atoms with Gasteiger partial charge in [0.15, 0.2) is 5.78 Å². The molecule has 24 heavy (non-hydrogen) atoms. The van der Waals surface area contributed by atoms with Gasteiger partial charge in [0.25, 0.3) is 0 Å². The predicted octanol–water partition coefficient (Wildman–Crippen LogP) is 2.64. The van der Waals surface area contributed by atoms with E-state index in [0.717, 1.165) is 32.1 Å². The molecule has 4 bridgehead atoms. The maximum absolute atomic E-state index is 13.2. The van der Waals surface area contributed by atoms with Gasteiger partial charge in [-0.3, -0.25) is 9.59 Å². The van der Waals surface area contributed by atoms with Crippen LogP contribution >= 0.6 is 0 Å². The minimum atomic E-state index is -0.781. The lowest BCUT2D eigenvalue weighted by atomic mass is 9.35. The van der Waals surface area contributed by atoms with E-state index in [-0.39, 0.29) is 34.9 Å². The standard InChI is InChI=1S/C20H26O4/c1-11-12-4-7-20(16(11)22)14(8-12)19-6-3-5-18(2,10-24-17(19)23)13(19)9-15(20)21/h12-15,21H,1,3-10H2,2H3/t12-,13?,14?,15+,18-,19-,20+/m0/s1. The number of esters is 1. The van der Waals surface area contributed by atoms with Crippen LogP contribution in [0.3, 0.4) is 0 Å². The van der Waals surface area contributed by atoms with E-state index in [1.165, 1.54) is 0 Å². The van der Waals surface area contributed by atoms with Gasteiger partial charge in [-0.1, -0.05) is 19.9 Å². The molecule has 2 unspecified atom stereocenters. The molecule has 6 aliphatic rings. The number of aliphatic hydroxyl groups excluding tert-OH is 1. The van der Waals surface area contributed by atoms with Gasteiger partial charge in [-0.25, -0.2) is 0 Å². The van der Waals surface area contributed by atoms with Gasteiger partial charge in [0, 0.05) is 5.41 Å². The number of fused-ring (bicyclic) bond motifs is 2. The Morgan fingerprint density at radius 2 is 1.92 bits per heavy atom. The third kappa shape index (κ3) is 1.39. The Labute approximate surface area is 142 Å². The highest BCUT2D eigenvalue weighted by Crippen LogP contribution is 2.72. The second-order valence-electron chi connectivity index (χ2n) is 9.35. The molecule has 1 heterocycles. The van der Waals surface area contributed by atoms with Crippen molar-refractivity contribution in [3.8, 4) is 0 Å². The van der Waals surface area contributed by atoms with Crippen LogP contribution in [-0.4, -0.2) is 29.6 Å². The number of carbonyl (C=O) groups excluding carboxylic acids is 2. The van der Waals surface area contributed by atoms with E-state index in [2.05, 4.69) is 13.5 Å². The summed E-state index contributed by atoms with van der Waals surface area (Å²) in [5.41, 5.74) is -0.698. The highest BCUT2D eigenvalue weighted by Gasteiger charge is 2.75. The van der Waals surface area contributed by atoms with Crippen molar-refractivity contribution in [3.63, 3.8) is 0 Å².